The molecule has 0 fully saturated rings. The first-order valence-corrected chi connectivity index (χ1v) is 6.33. The van der Waals surface area contributed by atoms with E-state index in [0.717, 1.165) is 18.7 Å². The van der Waals surface area contributed by atoms with Crippen LogP contribution in [0.25, 0.3) is 0 Å². The van der Waals surface area contributed by atoms with Crippen LogP contribution >= 0.6 is 0 Å². The summed E-state index contributed by atoms with van der Waals surface area (Å²) in [6.45, 7) is 3.80. The summed E-state index contributed by atoms with van der Waals surface area (Å²) in [6, 6.07) is 17.2. The fourth-order valence-electron chi connectivity index (χ4n) is 2.00. The van der Waals surface area contributed by atoms with Crippen molar-refractivity contribution in [3.63, 3.8) is 0 Å². The van der Waals surface area contributed by atoms with Gasteiger partial charge in [-0.15, -0.1) is 0 Å². The maximum Gasteiger partial charge on any atom is 0.335 e. The van der Waals surface area contributed by atoms with Gasteiger partial charge in [-0.3, -0.25) is 0 Å². The summed E-state index contributed by atoms with van der Waals surface area (Å²) in [5.74, 6) is -0.887. The maximum absolute atomic E-state index is 10.8. The number of aromatic carboxylic acids is 1. The van der Waals surface area contributed by atoms with Crippen LogP contribution in [0.15, 0.2) is 54.6 Å². The smallest absolute Gasteiger partial charge is 0.335 e. The van der Waals surface area contributed by atoms with E-state index in [1.807, 2.05) is 30.3 Å². The largest absolute Gasteiger partial charge is 0.478 e. The molecule has 2 aromatic carbocycles. The average molecular weight is 255 g/mol. The van der Waals surface area contributed by atoms with Gasteiger partial charge in [-0.05, 0) is 36.8 Å². The van der Waals surface area contributed by atoms with E-state index in [1.54, 1.807) is 12.1 Å². The number of nitrogens with zero attached hydrogens (tertiary/aromatic N) is 1. The minimum Gasteiger partial charge on any atom is -0.478 e. The molecule has 19 heavy (non-hydrogen) atoms. The SMILES string of the molecule is CCN(Cc1ccc(C(=O)O)cc1)c1ccccc1. The Morgan fingerprint density at radius 3 is 2.21 bits per heavy atom. The highest BCUT2D eigenvalue weighted by atomic mass is 16.4. The van der Waals surface area contributed by atoms with Crippen molar-refractivity contribution in [3.8, 4) is 0 Å². The van der Waals surface area contributed by atoms with E-state index >= 15 is 0 Å². The van der Waals surface area contributed by atoms with Crippen molar-refractivity contribution in [2.45, 2.75) is 13.5 Å². The Bertz CT molecular complexity index is 534. The van der Waals surface area contributed by atoms with Gasteiger partial charge < -0.3 is 10.0 Å². The second-order valence-corrected chi connectivity index (χ2v) is 4.35. The zero-order valence-electron chi connectivity index (χ0n) is 10.9. The number of carbonyl (C=O) groups is 1. The molecular formula is C16H17NO2. The molecular weight excluding hydrogens is 238 g/mol. The minimum atomic E-state index is -0.887. The van der Waals surface area contributed by atoms with E-state index in [2.05, 4.69) is 24.0 Å². The molecule has 1 N–H and O–H groups in total. The Hall–Kier alpha value is -2.29. The molecule has 0 aliphatic carbocycles. The highest BCUT2D eigenvalue weighted by Gasteiger charge is 2.06. The summed E-state index contributed by atoms with van der Waals surface area (Å²) < 4.78 is 0. The molecule has 0 heterocycles. The molecule has 0 saturated heterocycles. The van der Waals surface area contributed by atoms with Gasteiger partial charge in [0, 0.05) is 18.8 Å². The normalized spacial score (nSPS) is 10.2. The monoisotopic (exact) mass is 255 g/mol. The summed E-state index contributed by atoms with van der Waals surface area (Å²) in [6.07, 6.45) is 0. The molecule has 3 heteroatoms. The van der Waals surface area contributed by atoms with Crippen molar-refractivity contribution in [3.05, 3.63) is 65.7 Å². The maximum atomic E-state index is 10.8. The molecule has 0 aromatic heterocycles. The third kappa shape index (κ3) is 3.35. The molecule has 0 saturated carbocycles. The molecule has 2 aromatic rings. The topological polar surface area (TPSA) is 40.5 Å². The lowest BCUT2D eigenvalue weighted by Gasteiger charge is -2.23. The van der Waals surface area contributed by atoms with Gasteiger partial charge in [0.05, 0.1) is 5.56 Å². The molecule has 0 aliphatic heterocycles. The summed E-state index contributed by atoms with van der Waals surface area (Å²) in [7, 11) is 0. The summed E-state index contributed by atoms with van der Waals surface area (Å²) >= 11 is 0. The van der Waals surface area contributed by atoms with Gasteiger partial charge in [0.1, 0.15) is 0 Å². The molecule has 0 amide bonds. The fourth-order valence-corrected chi connectivity index (χ4v) is 2.00. The second-order valence-electron chi connectivity index (χ2n) is 4.35. The molecule has 2 rings (SSSR count). The lowest BCUT2D eigenvalue weighted by Crippen LogP contribution is -2.21. The van der Waals surface area contributed by atoms with Gasteiger partial charge in [0.15, 0.2) is 0 Å². The first kappa shape index (κ1) is 13.1. The van der Waals surface area contributed by atoms with Crippen LogP contribution in [0.3, 0.4) is 0 Å². The molecule has 98 valence electrons. The van der Waals surface area contributed by atoms with Crippen molar-refractivity contribution < 1.29 is 9.90 Å². The lowest BCUT2D eigenvalue weighted by molar-refractivity contribution is 0.0697. The standard InChI is InChI=1S/C16H17NO2/c1-2-17(15-6-4-3-5-7-15)12-13-8-10-14(11-9-13)16(18)19/h3-11H,2,12H2,1H3,(H,18,19). The number of rotatable bonds is 5. The highest BCUT2D eigenvalue weighted by molar-refractivity contribution is 5.87. The van der Waals surface area contributed by atoms with Gasteiger partial charge in [-0.1, -0.05) is 30.3 Å². The van der Waals surface area contributed by atoms with Crippen LogP contribution in [-0.2, 0) is 6.54 Å². The molecule has 0 atom stereocenters. The van der Waals surface area contributed by atoms with E-state index < -0.39 is 5.97 Å². The second kappa shape index (κ2) is 6.05. The first-order valence-electron chi connectivity index (χ1n) is 6.33. The number of carboxylic acid groups (broad SMARTS) is 1. The Balaban J connectivity index is 2.12. The molecule has 0 bridgehead atoms. The number of hydrogen-bond acceptors (Lipinski definition) is 2. The van der Waals surface area contributed by atoms with Crippen molar-refractivity contribution in [2.24, 2.45) is 0 Å². The molecule has 0 spiro atoms. The number of benzene rings is 2. The van der Waals surface area contributed by atoms with E-state index in [-0.39, 0.29) is 0 Å². The highest BCUT2D eigenvalue weighted by Crippen LogP contribution is 2.16. The summed E-state index contributed by atoms with van der Waals surface area (Å²) in [5.41, 5.74) is 2.61. The van der Waals surface area contributed by atoms with Gasteiger partial charge in [-0.25, -0.2) is 4.79 Å². The van der Waals surface area contributed by atoms with E-state index in [9.17, 15) is 4.79 Å². The van der Waals surface area contributed by atoms with Crippen molar-refractivity contribution in [1.82, 2.24) is 0 Å². The quantitative estimate of drug-likeness (QED) is 0.890. The average Bonchev–Trinajstić information content (AvgIpc) is 2.46. The van der Waals surface area contributed by atoms with Gasteiger partial charge >= 0.3 is 5.97 Å². The number of carboxylic acids is 1. The van der Waals surface area contributed by atoms with Gasteiger partial charge in [-0.2, -0.15) is 0 Å². The van der Waals surface area contributed by atoms with Crippen LogP contribution in [-0.4, -0.2) is 17.6 Å². The third-order valence-electron chi connectivity index (χ3n) is 3.08. The van der Waals surface area contributed by atoms with Crippen LogP contribution in [0.4, 0.5) is 5.69 Å². The third-order valence-corrected chi connectivity index (χ3v) is 3.08. The number of anilines is 1. The first-order chi connectivity index (χ1) is 9.20. The fraction of sp³-hybridized carbons (Fsp3) is 0.188. The van der Waals surface area contributed by atoms with Crippen LogP contribution in [0.1, 0.15) is 22.8 Å². The Morgan fingerprint density at radius 2 is 1.68 bits per heavy atom. The number of para-hydroxylation sites is 1. The predicted molar refractivity (Wildman–Crippen MR) is 76.6 cm³/mol. The van der Waals surface area contributed by atoms with Crippen molar-refractivity contribution in [1.29, 1.82) is 0 Å². The Labute approximate surface area is 113 Å². The Morgan fingerprint density at radius 1 is 1.05 bits per heavy atom. The van der Waals surface area contributed by atoms with Gasteiger partial charge in [0.2, 0.25) is 0 Å². The molecule has 3 nitrogen and oxygen atoms in total. The number of hydrogen-bond donors (Lipinski definition) is 1. The Kier molecular flexibility index (Phi) is 4.18. The lowest BCUT2D eigenvalue weighted by atomic mass is 10.1. The molecule has 0 unspecified atom stereocenters. The summed E-state index contributed by atoms with van der Waals surface area (Å²) in [5, 5.41) is 8.87. The van der Waals surface area contributed by atoms with Crippen LogP contribution in [0.5, 0.6) is 0 Å². The molecule has 0 aliphatic rings. The zero-order chi connectivity index (χ0) is 13.7. The zero-order valence-corrected chi connectivity index (χ0v) is 10.9. The van der Waals surface area contributed by atoms with Crippen molar-refractivity contribution in [2.75, 3.05) is 11.4 Å². The van der Waals surface area contributed by atoms with Crippen molar-refractivity contribution >= 4 is 11.7 Å². The van der Waals surface area contributed by atoms with E-state index in [4.69, 9.17) is 5.11 Å². The van der Waals surface area contributed by atoms with Crippen LogP contribution < -0.4 is 4.90 Å². The van der Waals surface area contributed by atoms with Gasteiger partial charge in [0.25, 0.3) is 0 Å². The van der Waals surface area contributed by atoms with E-state index in [1.165, 1.54) is 5.69 Å². The molecule has 0 radical (unpaired) electrons. The van der Waals surface area contributed by atoms with Crippen LogP contribution in [0.2, 0.25) is 0 Å². The predicted octanol–water partition coefficient (Wildman–Crippen LogP) is 3.41. The minimum absolute atomic E-state index is 0.325. The van der Waals surface area contributed by atoms with E-state index in [0.29, 0.717) is 5.56 Å². The van der Waals surface area contributed by atoms with Crippen LogP contribution in [0, 0.1) is 0 Å². The summed E-state index contributed by atoms with van der Waals surface area (Å²) in [4.78, 5) is 13.0.